The fraction of sp³-hybridized carbons (Fsp3) is 0.0909. The van der Waals surface area contributed by atoms with Crippen LogP contribution in [0.15, 0.2) is 72.9 Å². The first-order valence-electron chi connectivity index (χ1n) is 9.15. The molecule has 0 aliphatic heterocycles. The zero-order chi connectivity index (χ0) is 20.2. The number of benzene rings is 2. The van der Waals surface area contributed by atoms with E-state index in [2.05, 4.69) is 20.7 Å². The molecule has 0 unspecified atom stereocenters. The van der Waals surface area contributed by atoms with Crippen LogP contribution < -0.4 is 10.6 Å². The Labute approximate surface area is 167 Å². The van der Waals surface area contributed by atoms with Crippen molar-refractivity contribution >= 4 is 28.8 Å². The van der Waals surface area contributed by atoms with Crippen molar-refractivity contribution in [3.05, 3.63) is 89.9 Å². The number of urea groups is 1. The van der Waals surface area contributed by atoms with Crippen molar-refractivity contribution in [2.45, 2.75) is 13.3 Å². The van der Waals surface area contributed by atoms with Crippen LogP contribution in [-0.4, -0.2) is 26.4 Å². The van der Waals surface area contributed by atoms with E-state index in [0.29, 0.717) is 34.8 Å². The number of Topliss-reactive ketones (excluding diaryl/α,β-unsaturated/α-hetero) is 1. The summed E-state index contributed by atoms with van der Waals surface area (Å²) in [5.74, 6) is 0.649. The zero-order valence-corrected chi connectivity index (χ0v) is 15.8. The molecule has 2 aromatic carbocycles. The quantitative estimate of drug-likeness (QED) is 0.505. The molecule has 0 aliphatic carbocycles. The summed E-state index contributed by atoms with van der Waals surface area (Å²) in [4.78, 5) is 28.3. The number of hydrogen-bond donors (Lipinski definition) is 2. The number of amides is 2. The monoisotopic (exact) mass is 385 g/mol. The van der Waals surface area contributed by atoms with Gasteiger partial charge in [-0.3, -0.25) is 4.79 Å². The minimum atomic E-state index is -0.408. The molecule has 144 valence electrons. The minimum Gasteiger partial charge on any atom is -0.308 e. The van der Waals surface area contributed by atoms with Gasteiger partial charge in [-0.2, -0.15) is 5.10 Å². The van der Waals surface area contributed by atoms with E-state index in [9.17, 15) is 9.59 Å². The molecule has 4 rings (SSSR count). The van der Waals surface area contributed by atoms with Gasteiger partial charge in [-0.15, -0.1) is 0 Å². The number of nitrogens with one attached hydrogen (secondary N) is 2. The van der Waals surface area contributed by atoms with Gasteiger partial charge in [-0.05, 0) is 36.8 Å². The molecule has 7 nitrogen and oxygen atoms in total. The normalized spacial score (nSPS) is 10.7. The van der Waals surface area contributed by atoms with Crippen molar-refractivity contribution < 1.29 is 9.59 Å². The van der Waals surface area contributed by atoms with E-state index < -0.39 is 6.03 Å². The lowest BCUT2D eigenvalue weighted by atomic mass is 10.1. The number of carbonyl (C=O) groups excluding carboxylic acids is 2. The van der Waals surface area contributed by atoms with Crippen molar-refractivity contribution in [1.82, 2.24) is 14.6 Å². The van der Waals surface area contributed by atoms with E-state index >= 15 is 0 Å². The number of nitrogens with zero attached hydrogens (tertiary/aromatic N) is 3. The molecule has 4 aromatic rings. The van der Waals surface area contributed by atoms with Gasteiger partial charge in [-0.25, -0.2) is 14.3 Å². The van der Waals surface area contributed by atoms with Gasteiger partial charge in [0.2, 0.25) is 0 Å². The highest BCUT2D eigenvalue weighted by Crippen LogP contribution is 2.14. The molecule has 0 saturated heterocycles. The molecule has 0 aliphatic rings. The largest absolute Gasteiger partial charge is 0.323 e. The first kappa shape index (κ1) is 18.4. The second kappa shape index (κ2) is 7.93. The lowest BCUT2D eigenvalue weighted by Gasteiger charge is -2.08. The number of ketones is 1. The van der Waals surface area contributed by atoms with Gasteiger partial charge in [-0.1, -0.05) is 42.5 Å². The fourth-order valence-electron chi connectivity index (χ4n) is 2.97. The lowest BCUT2D eigenvalue weighted by molar-refractivity contribution is 0.101. The molecular weight excluding hydrogens is 366 g/mol. The highest BCUT2D eigenvalue weighted by atomic mass is 16.2. The molecule has 2 aromatic heterocycles. The van der Waals surface area contributed by atoms with Crippen molar-refractivity contribution in [3.8, 4) is 0 Å². The molecule has 2 amide bonds. The van der Waals surface area contributed by atoms with E-state index in [1.165, 1.54) is 6.92 Å². The summed E-state index contributed by atoms with van der Waals surface area (Å²) in [5, 5.41) is 9.98. The van der Waals surface area contributed by atoms with Crippen LogP contribution in [0.25, 0.3) is 5.65 Å². The second-order valence-electron chi connectivity index (χ2n) is 6.63. The third kappa shape index (κ3) is 4.47. The van der Waals surface area contributed by atoms with Gasteiger partial charge in [0.1, 0.15) is 0 Å². The second-order valence-corrected chi connectivity index (χ2v) is 6.63. The molecule has 2 heterocycles. The number of fused-ring (bicyclic) bond motifs is 1. The average Bonchev–Trinajstić information content (AvgIpc) is 3.10. The van der Waals surface area contributed by atoms with Crippen LogP contribution in [0.1, 0.15) is 28.7 Å². The summed E-state index contributed by atoms with van der Waals surface area (Å²) >= 11 is 0. The Morgan fingerprint density at radius 2 is 1.72 bits per heavy atom. The maximum Gasteiger partial charge on any atom is 0.323 e. The Morgan fingerprint density at radius 3 is 2.52 bits per heavy atom. The van der Waals surface area contributed by atoms with Crippen LogP contribution in [-0.2, 0) is 6.42 Å². The van der Waals surface area contributed by atoms with E-state index in [1.807, 2.05) is 30.3 Å². The van der Waals surface area contributed by atoms with Crippen molar-refractivity contribution in [3.63, 3.8) is 0 Å². The van der Waals surface area contributed by atoms with E-state index in [1.54, 1.807) is 47.1 Å². The Balaban J connectivity index is 1.46. The molecule has 29 heavy (non-hydrogen) atoms. The third-order valence-electron chi connectivity index (χ3n) is 4.36. The van der Waals surface area contributed by atoms with Crippen LogP contribution >= 0.6 is 0 Å². The Kier molecular flexibility index (Phi) is 5.03. The minimum absolute atomic E-state index is 0.0583. The predicted molar refractivity (Wildman–Crippen MR) is 111 cm³/mol. The number of anilines is 2. The Morgan fingerprint density at radius 1 is 0.931 bits per heavy atom. The first-order valence-corrected chi connectivity index (χ1v) is 9.15. The number of hydrogen-bond acceptors (Lipinski definition) is 4. The topological polar surface area (TPSA) is 88.4 Å². The van der Waals surface area contributed by atoms with Crippen LogP contribution in [0.2, 0.25) is 0 Å². The van der Waals surface area contributed by atoms with Crippen molar-refractivity contribution in [2.24, 2.45) is 0 Å². The third-order valence-corrected chi connectivity index (χ3v) is 4.36. The van der Waals surface area contributed by atoms with E-state index in [-0.39, 0.29) is 5.78 Å². The standard InChI is InChI=1S/C22H19N5O2/c1-15(28)17-8-5-9-18(13-17)23-22(29)24-19-10-11-21-25-20(26-27(21)14-19)12-16-6-3-2-4-7-16/h2-11,13-14H,12H2,1H3,(H2,23,24,29). The first-order chi connectivity index (χ1) is 14.1. The molecule has 7 heteroatoms. The Bertz CT molecular complexity index is 1180. The molecule has 0 spiro atoms. The molecule has 0 fully saturated rings. The number of carbonyl (C=O) groups is 2. The maximum atomic E-state index is 12.3. The summed E-state index contributed by atoms with van der Waals surface area (Å²) < 4.78 is 1.64. The van der Waals surface area contributed by atoms with Crippen molar-refractivity contribution in [1.29, 1.82) is 0 Å². The van der Waals surface area contributed by atoms with Gasteiger partial charge in [0, 0.05) is 17.7 Å². The van der Waals surface area contributed by atoms with Gasteiger partial charge >= 0.3 is 6.03 Å². The van der Waals surface area contributed by atoms with Gasteiger partial charge in [0.25, 0.3) is 0 Å². The summed E-state index contributed by atoms with van der Waals surface area (Å²) in [6, 6.07) is 20.0. The molecule has 0 saturated carbocycles. The van der Waals surface area contributed by atoms with E-state index in [0.717, 1.165) is 5.56 Å². The van der Waals surface area contributed by atoms with Crippen LogP contribution in [0.5, 0.6) is 0 Å². The summed E-state index contributed by atoms with van der Waals surface area (Å²) in [7, 11) is 0. The van der Waals surface area contributed by atoms with Crippen LogP contribution in [0.4, 0.5) is 16.2 Å². The number of aromatic nitrogens is 3. The smallest absolute Gasteiger partial charge is 0.308 e. The average molecular weight is 385 g/mol. The Hall–Kier alpha value is -4.00. The SMILES string of the molecule is CC(=O)c1cccc(NC(=O)Nc2ccc3nc(Cc4ccccc4)nn3c2)c1. The summed E-state index contributed by atoms with van der Waals surface area (Å²) in [6.45, 7) is 1.48. The lowest BCUT2D eigenvalue weighted by Crippen LogP contribution is -2.19. The maximum absolute atomic E-state index is 12.3. The molecule has 0 atom stereocenters. The highest BCUT2D eigenvalue weighted by molar-refractivity contribution is 6.01. The van der Waals surface area contributed by atoms with E-state index in [4.69, 9.17) is 0 Å². The van der Waals surface area contributed by atoms with Crippen LogP contribution in [0, 0.1) is 0 Å². The molecular formula is C22H19N5O2. The summed E-state index contributed by atoms with van der Waals surface area (Å²) in [5.41, 5.74) is 3.50. The van der Waals surface area contributed by atoms with Crippen LogP contribution in [0.3, 0.4) is 0 Å². The zero-order valence-electron chi connectivity index (χ0n) is 15.8. The fourth-order valence-corrected chi connectivity index (χ4v) is 2.97. The van der Waals surface area contributed by atoms with Crippen molar-refractivity contribution in [2.75, 3.05) is 10.6 Å². The predicted octanol–water partition coefficient (Wildman–Crippen LogP) is 4.17. The van der Waals surface area contributed by atoms with Gasteiger partial charge < -0.3 is 10.6 Å². The number of rotatable bonds is 5. The molecule has 0 radical (unpaired) electrons. The highest BCUT2D eigenvalue weighted by Gasteiger charge is 2.08. The molecule has 0 bridgehead atoms. The molecule has 2 N–H and O–H groups in total. The number of pyridine rings is 1. The summed E-state index contributed by atoms with van der Waals surface area (Å²) in [6.07, 6.45) is 2.35. The van der Waals surface area contributed by atoms with Gasteiger partial charge in [0.05, 0.1) is 11.9 Å². The van der Waals surface area contributed by atoms with Gasteiger partial charge in [0.15, 0.2) is 17.3 Å².